The molecule has 1 spiro atoms. The molecule has 0 nitrogen and oxygen atoms in total. The third-order valence-corrected chi connectivity index (χ3v) is 6.59. The van der Waals surface area contributed by atoms with Gasteiger partial charge in [-0.3, -0.25) is 0 Å². The highest BCUT2D eigenvalue weighted by Gasteiger charge is 2.35. The Bertz CT molecular complexity index is 719. The van der Waals surface area contributed by atoms with E-state index in [-0.39, 0.29) is 0 Å². The summed E-state index contributed by atoms with van der Waals surface area (Å²) < 4.78 is 0. The van der Waals surface area contributed by atoms with Gasteiger partial charge in [-0.25, -0.2) is 0 Å². The summed E-state index contributed by atoms with van der Waals surface area (Å²) in [5.74, 6) is 0. The predicted molar refractivity (Wildman–Crippen MR) is 108 cm³/mol. The van der Waals surface area contributed by atoms with Gasteiger partial charge in [-0.15, -0.1) is 0 Å². The molecule has 132 valence electrons. The van der Waals surface area contributed by atoms with Gasteiger partial charge in [0.25, 0.3) is 0 Å². The first-order valence-corrected chi connectivity index (χ1v) is 10.5. The molecule has 0 aromatic heterocycles. The molecule has 0 saturated heterocycles. The van der Waals surface area contributed by atoms with E-state index < -0.39 is 0 Å². The molecule has 0 bridgehead atoms. The molecule has 0 heterocycles. The van der Waals surface area contributed by atoms with Gasteiger partial charge in [-0.1, -0.05) is 81.5 Å². The van der Waals surface area contributed by atoms with E-state index in [4.69, 9.17) is 0 Å². The smallest absolute Gasteiger partial charge is 0.0149 e. The lowest BCUT2D eigenvalue weighted by molar-refractivity contribution is 0.187. The van der Waals surface area contributed by atoms with Crippen LogP contribution in [0.15, 0.2) is 42.5 Å². The van der Waals surface area contributed by atoms with Crippen LogP contribution < -0.4 is 0 Å². The van der Waals surface area contributed by atoms with Crippen LogP contribution in [0.3, 0.4) is 0 Å². The Labute approximate surface area is 153 Å². The maximum absolute atomic E-state index is 2.56. The van der Waals surface area contributed by atoms with E-state index in [1.807, 2.05) is 0 Å². The number of hydrogen-bond donors (Lipinski definition) is 0. The van der Waals surface area contributed by atoms with Gasteiger partial charge in [0.2, 0.25) is 0 Å². The average Bonchev–Trinajstić information content (AvgIpc) is 2.76. The summed E-state index contributed by atoms with van der Waals surface area (Å²) in [6, 6.07) is 16.6. The first kappa shape index (κ1) is 16.9. The Morgan fingerprint density at radius 2 is 1.56 bits per heavy atom. The van der Waals surface area contributed by atoms with Crippen molar-refractivity contribution in [3.05, 3.63) is 59.2 Å². The quantitative estimate of drug-likeness (QED) is 0.522. The average molecular weight is 333 g/mol. The summed E-state index contributed by atoms with van der Waals surface area (Å²) in [4.78, 5) is 0. The molecule has 2 aliphatic rings. The van der Waals surface area contributed by atoms with Gasteiger partial charge >= 0.3 is 0 Å². The van der Waals surface area contributed by atoms with Crippen molar-refractivity contribution in [1.82, 2.24) is 0 Å². The number of unbranched alkanes of at least 4 members (excludes halogenated alkanes) is 2. The van der Waals surface area contributed by atoms with Crippen LogP contribution in [0.5, 0.6) is 0 Å². The fourth-order valence-electron chi connectivity index (χ4n) is 5.25. The third kappa shape index (κ3) is 3.54. The van der Waals surface area contributed by atoms with E-state index >= 15 is 0 Å². The van der Waals surface area contributed by atoms with E-state index in [0.717, 1.165) is 0 Å². The molecule has 25 heavy (non-hydrogen) atoms. The second-order valence-electron chi connectivity index (χ2n) is 8.52. The summed E-state index contributed by atoms with van der Waals surface area (Å²) in [5.41, 5.74) is 8.29. The minimum absolute atomic E-state index is 0.516. The monoisotopic (exact) mass is 332 g/mol. The molecular weight excluding hydrogens is 300 g/mol. The molecule has 0 aliphatic heterocycles. The SMILES string of the molecule is CCCCCc1ccc2c(c1)CC1(CCCCC1)Cc1ccccc1-2. The van der Waals surface area contributed by atoms with Gasteiger partial charge in [0, 0.05) is 0 Å². The Hall–Kier alpha value is -1.56. The van der Waals surface area contributed by atoms with Crippen molar-refractivity contribution in [2.24, 2.45) is 5.41 Å². The molecule has 1 fully saturated rings. The van der Waals surface area contributed by atoms with Crippen LogP contribution >= 0.6 is 0 Å². The zero-order valence-electron chi connectivity index (χ0n) is 15.8. The number of hydrogen-bond acceptors (Lipinski definition) is 0. The van der Waals surface area contributed by atoms with E-state index in [0.29, 0.717) is 5.41 Å². The minimum Gasteiger partial charge on any atom is -0.0654 e. The first-order valence-electron chi connectivity index (χ1n) is 10.5. The van der Waals surface area contributed by atoms with E-state index in [1.54, 1.807) is 16.7 Å². The second kappa shape index (κ2) is 7.36. The highest BCUT2D eigenvalue weighted by molar-refractivity contribution is 5.72. The van der Waals surface area contributed by atoms with Gasteiger partial charge < -0.3 is 0 Å². The molecular formula is C25H32. The Kier molecular flexibility index (Phi) is 4.97. The van der Waals surface area contributed by atoms with Gasteiger partial charge in [0.1, 0.15) is 0 Å². The van der Waals surface area contributed by atoms with Gasteiger partial charge in [0.15, 0.2) is 0 Å². The van der Waals surface area contributed by atoms with Gasteiger partial charge in [0.05, 0.1) is 0 Å². The van der Waals surface area contributed by atoms with Crippen molar-refractivity contribution in [2.45, 2.75) is 77.6 Å². The Morgan fingerprint density at radius 1 is 0.800 bits per heavy atom. The Morgan fingerprint density at radius 3 is 2.40 bits per heavy atom. The van der Waals surface area contributed by atoms with Crippen LogP contribution in [0, 0.1) is 5.41 Å². The lowest BCUT2D eigenvalue weighted by Crippen LogP contribution is -2.28. The van der Waals surface area contributed by atoms with Crippen molar-refractivity contribution >= 4 is 0 Å². The molecule has 0 amide bonds. The normalized spacial score (nSPS) is 18.4. The number of aryl methyl sites for hydroxylation is 1. The van der Waals surface area contributed by atoms with Gasteiger partial charge in [-0.05, 0) is 71.8 Å². The van der Waals surface area contributed by atoms with Crippen LogP contribution in [-0.4, -0.2) is 0 Å². The summed E-state index contributed by atoms with van der Waals surface area (Å²) in [5, 5.41) is 0. The van der Waals surface area contributed by atoms with Gasteiger partial charge in [-0.2, -0.15) is 0 Å². The van der Waals surface area contributed by atoms with Crippen molar-refractivity contribution in [3.63, 3.8) is 0 Å². The molecule has 0 atom stereocenters. The summed E-state index contributed by atoms with van der Waals surface area (Å²) in [6.07, 6.45) is 14.9. The summed E-state index contributed by atoms with van der Waals surface area (Å²) in [7, 11) is 0. The second-order valence-corrected chi connectivity index (χ2v) is 8.52. The fraction of sp³-hybridized carbons (Fsp3) is 0.520. The summed E-state index contributed by atoms with van der Waals surface area (Å²) in [6.45, 7) is 2.29. The number of benzene rings is 2. The highest BCUT2D eigenvalue weighted by atomic mass is 14.4. The predicted octanol–water partition coefficient (Wildman–Crippen LogP) is 7.14. The topological polar surface area (TPSA) is 0 Å². The molecule has 0 radical (unpaired) electrons. The molecule has 2 aromatic rings. The van der Waals surface area contributed by atoms with E-state index in [2.05, 4.69) is 49.4 Å². The van der Waals surface area contributed by atoms with Crippen molar-refractivity contribution in [1.29, 1.82) is 0 Å². The van der Waals surface area contributed by atoms with Crippen LogP contribution in [-0.2, 0) is 19.3 Å². The molecule has 0 N–H and O–H groups in total. The van der Waals surface area contributed by atoms with Crippen molar-refractivity contribution in [3.8, 4) is 11.1 Å². The zero-order chi connectivity index (χ0) is 17.1. The molecule has 2 aliphatic carbocycles. The molecule has 2 aromatic carbocycles. The number of rotatable bonds is 4. The molecule has 0 unspecified atom stereocenters. The van der Waals surface area contributed by atoms with Crippen molar-refractivity contribution < 1.29 is 0 Å². The highest BCUT2D eigenvalue weighted by Crippen LogP contribution is 2.47. The zero-order valence-corrected chi connectivity index (χ0v) is 15.8. The first-order chi connectivity index (χ1) is 12.3. The molecule has 1 saturated carbocycles. The van der Waals surface area contributed by atoms with Crippen LogP contribution in [0.2, 0.25) is 0 Å². The fourth-order valence-corrected chi connectivity index (χ4v) is 5.25. The number of fused-ring (bicyclic) bond motifs is 3. The maximum atomic E-state index is 2.56. The van der Waals surface area contributed by atoms with Crippen LogP contribution in [0.25, 0.3) is 11.1 Å². The van der Waals surface area contributed by atoms with E-state index in [9.17, 15) is 0 Å². The summed E-state index contributed by atoms with van der Waals surface area (Å²) >= 11 is 0. The third-order valence-electron chi connectivity index (χ3n) is 6.59. The molecule has 0 heteroatoms. The van der Waals surface area contributed by atoms with Crippen LogP contribution in [0.4, 0.5) is 0 Å². The lowest BCUT2D eigenvalue weighted by Gasteiger charge is -2.37. The molecule has 4 rings (SSSR count). The van der Waals surface area contributed by atoms with Crippen molar-refractivity contribution in [2.75, 3.05) is 0 Å². The largest absolute Gasteiger partial charge is 0.0654 e. The Balaban J connectivity index is 1.73. The lowest BCUT2D eigenvalue weighted by atomic mass is 9.68. The standard InChI is InChI=1S/C25H32/c1-2-3-5-10-20-13-14-24-22(17-20)19-25(15-8-4-9-16-25)18-21-11-6-7-12-23(21)24/h6-7,11-14,17H,2-5,8-10,15-16,18-19H2,1H3. The minimum atomic E-state index is 0.516. The maximum Gasteiger partial charge on any atom is -0.0149 e. The van der Waals surface area contributed by atoms with E-state index in [1.165, 1.54) is 81.8 Å². The van der Waals surface area contributed by atoms with Crippen LogP contribution in [0.1, 0.15) is 75.0 Å².